The van der Waals surface area contributed by atoms with Gasteiger partial charge in [-0.25, -0.2) is 13.6 Å². The van der Waals surface area contributed by atoms with Gasteiger partial charge in [-0.3, -0.25) is 4.79 Å². The molecular formula is C21H25F2NO3. The van der Waals surface area contributed by atoms with Crippen molar-refractivity contribution in [3.63, 3.8) is 0 Å². The molecule has 1 atom stereocenters. The second kappa shape index (κ2) is 8.63. The Balaban J connectivity index is 1.87. The minimum Gasteiger partial charge on any atom is -0.459 e. The van der Waals surface area contributed by atoms with Crippen molar-refractivity contribution in [3.05, 3.63) is 46.7 Å². The highest BCUT2D eigenvalue weighted by Crippen LogP contribution is 2.36. The second-order valence-electron chi connectivity index (χ2n) is 7.36. The van der Waals surface area contributed by atoms with Crippen molar-refractivity contribution < 1.29 is 23.1 Å². The fourth-order valence-electron chi connectivity index (χ4n) is 3.98. The number of nitrogens with one attached hydrogen (secondary N) is 1. The van der Waals surface area contributed by atoms with Gasteiger partial charge in [0, 0.05) is 18.0 Å². The molecule has 0 radical (unpaired) electrons. The maximum Gasteiger partial charge on any atom is 0.336 e. The van der Waals surface area contributed by atoms with Crippen LogP contribution in [-0.4, -0.2) is 18.0 Å². The van der Waals surface area contributed by atoms with Gasteiger partial charge in [0.1, 0.15) is 6.10 Å². The first-order chi connectivity index (χ1) is 13.0. The van der Waals surface area contributed by atoms with Gasteiger partial charge < -0.3 is 10.1 Å². The monoisotopic (exact) mass is 377 g/mol. The third-order valence-electron chi connectivity index (χ3n) is 5.37. The van der Waals surface area contributed by atoms with E-state index in [0.29, 0.717) is 5.70 Å². The van der Waals surface area contributed by atoms with Gasteiger partial charge in [-0.05, 0) is 44.2 Å². The van der Waals surface area contributed by atoms with Crippen LogP contribution in [0.3, 0.4) is 0 Å². The number of allylic oxidation sites excluding steroid dienone is 1. The number of carbonyl (C=O) groups is 2. The Morgan fingerprint density at radius 3 is 2.48 bits per heavy atom. The minimum absolute atomic E-state index is 0.00816. The lowest BCUT2D eigenvalue weighted by Crippen LogP contribution is -2.35. The van der Waals surface area contributed by atoms with Crippen LogP contribution in [0.15, 0.2) is 29.5 Å². The lowest BCUT2D eigenvalue weighted by Gasteiger charge is -2.28. The first-order valence-electron chi connectivity index (χ1n) is 9.63. The molecule has 1 heterocycles. The first-order valence-corrected chi connectivity index (χ1v) is 9.63. The predicted octanol–water partition coefficient (Wildman–Crippen LogP) is 4.50. The van der Waals surface area contributed by atoms with E-state index in [-0.39, 0.29) is 29.6 Å². The molecule has 1 aromatic rings. The summed E-state index contributed by atoms with van der Waals surface area (Å²) in [5, 5.41) is 2.63. The Bertz CT molecular complexity index is 752. The predicted molar refractivity (Wildman–Crippen MR) is 96.8 cm³/mol. The number of amides is 1. The van der Waals surface area contributed by atoms with Gasteiger partial charge in [0.25, 0.3) is 0 Å². The molecule has 2 aliphatic rings. The molecule has 1 N–H and O–H groups in total. The van der Waals surface area contributed by atoms with Crippen LogP contribution in [0.25, 0.3) is 0 Å². The Morgan fingerprint density at radius 1 is 1.11 bits per heavy atom. The van der Waals surface area contributed by atoms with E-state index >= 15 is 0 Å². The highest BCUT2D eigenvalue weighted by Gasteiger charge is 2.35. The van der Waals surface area contributed by atoms with E-state index in [4.69, 9.17) is 4.74 Å². The number of carbonyl (C=O) groups excluding carboxylic acids is 2. The standard InChI is InChI=1S/C21H25F2NO3/c1-13-19(21(26)27-14-8-5-3-2-4-6-9-14)16(12-18(25)24-13)15-10-7-11-17(22)20(15)23/h7,10-11,14,16H,2-6,8-9,12H2,1H3,(H,24,25)/t16-/m0/s1. The van der Waals surface area contributed by atoms with E-state index in [1.165, 1.54) is 18.6 Å². The Morgan fingerprint density at radius 2 is 1.78 bits per heavy atom. The molecule has 6 heteroatoms. The maximum absolute atomic E-state index is 14.4. The van der Waals surface area contributed by atoms with Crippen molar-refractivity contribution in [1.82, 2.24) is 5.32 Å². The maximum atomic E-state index is 14.4. The summed E-state index contributed by atoms with van der Waals surface area (Å²) in [6.07, 6.45) is 6.81. The minimum atomic E-state index is -1.03. The molecule has 1 fully saturated rings. The van der Waals surface area contributed by atoms with Crippen LogP contribution in [0, 0.1) is 11.6 Å². The molecule has 4 nitrogen and oxygen atoms in total. The molecule has 27 heavy (non-hydrogen) atoms. The Labute approximate surface area is 158 Å². The number of rotatable bonds is 3. The van der Waals surface area contributed by atoms with Crippen molar-refractivity contribution in [3.8, 4) is 0 Å². The zero-order chi connectivity index (χ0) is 19.4. The number of hydrogen-bond donors (Lipinski definition) is 1. The summed E-state index contributed by atoms with van der Waals surface area (Å²) in [4.78, 5) is 24.9. The number of halogens is 2. The van der Waals surface area contributed by atoms with E-state index in [1.807, 2.05) is 0 Å². The highest BCUT2D eigenvalue weighted by molar-refractivity contribution is 5.95. The van der Waals surface area contributed by atoms with E-state index in [9.17, 15) is 18.4 Å². The van der Waals surface area contributed by atoms with Gasteiger partial charge in [-0.15, -0.1) is 0 Å². The lowest BCUT2D eigenvalue weighted by atomic mass is 9.84. The molecule has 1 aromatic carbocycles. The smallest absolute Gasteiger partial charge is 0.336 e. The van der Waals surface area contributed by atoms with Gasteiger partial charge >= 0.3 is 5.97 Å². The van der Waals surface area contributed by atoms with Crippen molar-refractivity contribution in [2.45, 2.75) is 70.3 Å². The van der Waals surface area contributed by atoms with Gasteiger partial charge in [0.2, 0.25) is 5.91 Å². The van der Waals surface area contributed by atoms with Crippen LogP contribution in [-0.2, 0) is 14.3 Å². The Hall–Kier alpha value is -2.24. The number of ether oxygens (including phenoxy) is 1. The summed E-state index contributed by atoms with van der Waals surface area (Å²) in [6.45, 7) is 1.59. The molecule has 146 valence electrons. The molecular weight excluding hydrogens is 352 g/mol. The molecule has 0 saturated heterocycles. The van der Waals surface area contributed by atoms with Crippen molar-refractivity contribution in [2.75, 3.05) is 0 Å². The summed E-state index contributed by atoms with van der Waals surface area (Å²) in [5.74, 6) is -3.75. The molecule has 3 rings (SSSR count). The number of benzene rings is 1. The molecule has 1 aliphatic heterocycles. The third-order valence-corrected chi connectivity index (χ3v) is 5.37. The van der Waals surface area contributed by atoms with Crippen LogP contribution in [0.2, 0.25) is 0 Å². The normalized spacial score (nSPS) is 22.0. The quantitative estimate of drug-likeness (QED) is 0.789. The van der Waals surface area contributed by atoms with E-state index in [0.717, 1.165) is 44.6 Å². The second-order valence-corrected chi connectivity index (χ2v) is 7.36. The molecule has 0 bridgehead atoms. The van der Waals surface area contributed by atoms with Gasteiger partial charge in [-0.1, -0.05) is 31.4 Å². The van der Waals surface area contributed by atoms with Crippen LogP contribution in [0.5, 0.6) is 0 Å². The zero-order valence-electron chi connectivity index (χ0n) is 15.5. The fourth-order valence-corrected chi connectivity index (χ4v) is 3.98. The van der Waals surface area contributed by atoms with Crippen molar-refractivity contribution >= 4 is 11.9 Å². The van der Waals surface area contributed by atoms with Crippen LogP contribution in [0.4, 0.5) is 8.78 Å². The summed E-state index contributed by atoms with van der Waals surface area (Å²) in [7, 11) is 0. The molecule has 0 aromatic heterocycles. The van der Waals surface area contributed by atoms with E-state index in [1.54, 1.807) is 6.92 Å². The molecule has 0 spiro atoms. The highest BCUT2D eigenvalue weighted by atomic mass is 19.2. The lowest BCUT2D eigenvalue weighted by molar-refractivity contribution is -0.145. The Kier molecular flexibility index (Phi) is 6.24. The largest absolute Gasteiger partial charge is 0.459 e. The average Bonchev–Trinajstić information content (AvgIpc) is 2.58. The van der Waals surface area contributed by atoms with Crippen LogP contribution < -0.4 is 5.32 Å². The fraction of sp³-hybridized carbons (Fsp3) is 0.524. The summed E-state index contributed by atoms with van der Waals surface area (Å²) < 4.78 is 33.8. The van der Waals surface area contributed by atoms with E-state index < -0.39 is 23.5 Å². The molecule has 1 saturated carbocycles. The van der Waals surface area contributed by atoms with Gasteiger partial charge in [-0.2, -0.15) is 0 Å². The van der Waals surface area contributed by atoms with Crippen molar-refractivity contribution in [2.24, 2.45) is 0 Å². The summed E-state index contributed by atoms with van der Waals surface area (Å²) in [5.41, 5.74) is 0.561. The van der Waals surface area contributed by atoms with Crippen LogP contribution in [0.1, 0.15) is 69.8 Å². The summed E-state index contributed by atoms with van der Waals surface area (Å²) >= 11 is 0. The number of hydrogen-bond acceptors (Lipinski definition) is 3. The molecule has 0 unspecified atom stereocenters. The van der Waals surface area contributed by atoms with Gasteiger partial charge in [0.15, 0.2) is 11.6 Å². The topological polar surface area (TPSA) is 55.4 Å². The van der Waals surface area contributed by atoms with E-state index in [2.05, 4.69) is 5.32 Å². The molecule has 1 amide bonds. The van der Waals surface area contributed by atoms with Gasteiger partial charge in [0.05, 0.1) is 5.57 Å². The summed E-state index contributed by atoms with van der Waals surface area (Å²) in [6, 6.07) is 3.82. The van der Waals surface area contributed by atoms with Crippen molar-refractivity contribution in [1.29, 1.82) is 0 Å². The first kappa shape index (κ1) is 19.5. The third kappa shape index (κ3) is 4.54. The van der Waals surface area contributed by atoms with Crippen LogP contribution >= 0.6 is 0 Å². The SMILES string of the molecule is CC1=C(C(=O)OC2CCCCCCC2)[C@H](c2cccc(F)c2F)CC(=O)N1. The average molecular weight is 377 g/mol. The number of esters is 1. The molecule has 1 aliphatic carbocycles. The zero-order valence-corrected chi connectivity index (χ0v) is 15.5.